The first kappa shape index (κ1) is 22.6. The van der Waals surface area contributed by atoms with Crippen LogP contribution in [0, 0.1) is 0 Å². The molecule has 0 bridgehead atoms. The van der Waals surface area contributed by atoms with Crippen LogP contribution in [0.25, 0.3) is 0 Å². The fourth-order valence-electron chi connectivity index (χ4n) is 3.33. The van der Waals surface area contributed by atoms with Gasteiger partial charge in [-0.25, -0.2) is 13.1 Å². The number of benzene rings is 2. The molecule has 0 radical (unpaired) electrons. The van der Waals surface area contributed by atoms with Crippen LogP contribution >= 0.6 is 0 Å². The second kappa shape index (κ2) is 9.36. The van der Waals surface area contributed by atoms with Crippen LogP contribution in [0.5, 0.6) is 17.2 Å². The Labute approximate surface area is 181 Å². The first-order chi connectivity index (χ1) is 14.8. The van der Waals surface area contributed by atoms with Crippen molar-refractivity contribution in [2.45, 2.75) is 24.2 Å². The van der Waals surface area contributed by atoms with Crippen LogP contribution in [-0.2, 0) is 26.0 Å². The summed E-state index contributed by atoms with van der Waals surface area (Å²) in [4.78, 5) is 24.8. The van der Waals surface area contributed by atoms with E-state index >= 15 is 0 Å². The van der Waals surface area contributed by atoms with Gasteiger partial charge in [0.2, 0.25) is 27.6 Å². The highest BCUT2D eigenvalue weighted by molar-refractivity contribution is 7.89. The molecule has 0 saturated carbocycles. The van der Waals surface area contributed by atoms with Crippen molar-refractivity contribution in [3.8, 4) is 17.2 Å². The summed E-state index contributed by atoms with van der Waals surface area (Å²) in [5.74, 6) is 0.861. The van der Waals surface area contributed by atoms with E-state index in [9.17, 15) is 18.0 Å². The maximum atomic E-state index is 12.6. The lowest BCUT2D eigenvalue weighted by molar-refractivity contribution is -0.121. The Morgan fingerprint density at radius 3 is 1.94 bits per heavy atom. The molecule has 31 heavy (non-hydrogen) atoms. The van der Waals surface area contributed by atoms with Crippen molar-refractivity contribution < 1.29 is 32.2 Å². The van der Waals surface area contributed by atoms with Gasteiger partial charge in [0, 0.05) is 19.4 Å². The van der Waals surface area contributed by atoms with Crippen molar-refractivity contribution >= 4 is 27.5 Å². The summed E-state index contributed by atoms with van der Waals surface area (Å²) in [6.45, 7) is 0.145. The van der Waals surface area contributed by atoms with Crippen LogP contribution < -0.4 is 23.8 Å². The Bertz CT molecular complexity index is 1040. The van der Waals surface area contributed by atoms with Crippen LogP contribution in [0.4, 0.5) is 5.69 Å². The molecular formula is C21H24N2O7S. The lowest BCUT2D eigenvalue weighted by Crippen LogP contribution is -2.29. The van der Waals surface area contributed by atoms with E-state index in [1.54, 1.807) is 12.1 Å². The zero-order valence-electron chi connectivity index (χ0n) is 17.5. The van der Waals surface area contributed by atoms with E-state index in [1.165, 1.54) is 45.6 Å². The molecule has 2 aromatic rings. The molecule has 2 aromatic carbocycles. The number of carbonyl (C=O) groups excluding carboxylic acids is 2. The minimum absolute atomic E-state index is 0.0419. The Balaban J connectivity index is 1.68. The average molecular weight is 448 g/mol. The van der Waals surface area contributed by atoms with E-state index in [2.05, 4.69) is 4.72 Å². The molecule has 1 aliphatic rings. The van der Waals surface area contributed by atoms with E-state index < -0.39 is 10.0 Å². The lowest BCUT2D eigenvalue weighted by Gasteiger charge is -2.15. The van der Waals surface area contributed by atoms with Crippen molar-refractivity contribution in [1.29, 1.82) is 0 Å². The highest BCUT2D eigenvalue weighted by Crippen LogP contribution is 2.38. The zero-order chi connectivity index (χ0) is 22.6. The topological polar surface area (TPSA) is 111 Å². The number of ether oxygens (including phenoxy) is 3. The number of nitrogens with zero attached hydrogens (tertiary/aromatic N) is 1. The lowest BCUT2D eigenvalue weighted by atomic mass is 10.1. The molecule has 1 saturated heterocycles. The fourth-order valence-corrected chi connectivity index (χ4v) is 4.36. The van der Waals surface area contributed by atoms with Gasteiger partial charge < -0.3 is 14.2 Å². The van der Waals surface area contributed by atoms with Crippen molar-refractivity contribution in [2.75, 3.05) is 32.8 Å². The van der Waals surface area contributed by atoms with E-state index in [-0.39, 0.29) is 36.1 Å². The minimum atomic E-state index is -3.77. The number of anilines is 1. The highest BCUT2D eigenvalue weighted by atomic mass is 32.2. The second-order valence-corrected chi connectivity index (χ2v) is 8.57. The average Bonchev–Trinajstić information content (AvgIpc) is 3.10. The molecule has 0 aromatic heterocycles. The molecule has 2 amide bonds. The van der Waals surface area contributed by atoms with Gasteiger partial charge in [0.1, 0.15) is 0 Å². The molecule has 0 atom stereocenters. The molecule has 3 rings (SSSR count). The minimum Gasteiger partial charge on any atom is -0.493 e. The smallest absolute Gasteiger partial charge is 0.240 e. The van der Waals surface area contributed by atoms with Crippen LogP contribution in [-0.4, -0.2) is 48.1 Å². The fraction of sp³-hybridized carbons (Fsp3) is 0.333. The number of methoxy groups -OCH3 is 3. The number of carbonyl (C=O) groups is 2. The van der Waals surface area contributed by atoms with Crippen molar-refractivity contribution in [3.05, 3.63) is 42.0 Å². The van der Waals surface area contributed by atoms with Crippen molar-refractivity contribution in [3.63, 3.8) is 0 Å². The Kier molecular flexibility index (Phi) is 6.81. The Morgan fingerprint density at radius 2 is 1.45 bits per heavy atom. The van der Waals surface area contributed by atoms with E-state index in [4.69, 9.17) is 14.2 Å². The van der Waals surface area contributed by atoms with E-state index in [0.717, 1.165) is 10.5 Å². The number of imide groups is 1. The molecule has 166 valence electrons. The Morgan fingerprint density at radius 1 is 0.903 bits per heavy atom. The monoisotopic (exact) mass is 448 g/mol. The molecule has 0 spiro atoms. The summed E-state index contributed by atoms with van der Waals surface area (Å²) in [6, 6.07) is 9.17. The van der Waals surface area contributed by atoms with Gasteiger partial charge in [-0.1, -0.05) is 0 Å². The van der Waals surface area contributed by atoms with Crippen LogP contribution in [0.15, 0.2) is 41.3 Å². The Hall–Kier alpha value is -3.11. The molecule has 1 heterocycles. The van der Waals surface area contributed by atoms with Gasteiger partial charge in [0.15, 0.2) is 11.5 Å². The van der Waals surface area contributed by atoms with Gasteiger partial charge in [-0.2, -0.15) is 0 Å². The number of rotatable bonds is 9. The summed E-state index contributed by atoms with van der Waals surface area (Å²) in [5.41, 5.74) is 1.17. The number of hydrogen-bond donors (Lipinski definition) is 1. The third-order valence-corrected chi connectivity index (χ3v) is 6.36. The summed E-state index contributed by atoms with van der Waals surface area (Å²) < 4.78 is 43.7. The SMILES string of the molecule is COc1cc(CCNS(=O)(=O)c2ccc(N3C(=O)CCC3=O)cc2)cc(OC)c1OC. The first-order valence-corrected chi connectivity index (χ1v) is 11.0. The van der Waals surface area contributed by atoms with Gasteiger partial charge in [0.25, 0.3) is 0 Å². The summed E-state index contributed by atoms with van der Waals surface area (Å²) in [7, 11) is 0.763. The summed E-state index contributed by atoms with van der Waals surface area (Å²) in [6.07, 6.45) is 0.730. The van der Waals surface area contributed by atoms with Gasteiger partial charge in [0.05, 0.1) is 31.9 Å². The van der Waals surface area contributed by atoms with Gasteiger partial charge in [-0.05, 0) is 48.4 Å². The summed E-state index contributed by atoms with van der Waals surface area (Å²) in [5, 5.41) is 0. The quantitative estimate of drug-likeness (QED) is 0.583. The molecular weight excluding hydrogens is 424 g/mol. The standard InChI is InChI=1S/C21H24N2O7S/c1-28-17-12-14(13-18(29-2)21(17)30-3)10-11-22-31(26,27)16-6-4-15(5-7-16)23-19(24)8-9-20(23)25/h4-7,12-13,22H,8-11H2,1-3H3. The highest BCUT2D eigenvalue weighted by Gasteiger charge is 2.30. The largest absolute Gasteiger partial charge is 0.493 e. The van der Waals surface area contributed by atoms with E-state index in [1.807, 2.05) is 0 Å². The van der Waals surface area contributed by atoms with Crippen LogP contribution in [0.1, 0.15) is 18.4 Å². The molecule has 0 aliphatic carbocycles. The predicted molar refractivity (Wildman–Crippen MR) is 113 cm³/mol. The molecule has 1 aliphatic heterocycles. The molecule has 0 unspecified atom stereocenters. The van der Waals surface area contributed by atoms with Crippen molar-refractivity contribution in [1.82, 2.24) is 4.72 Å². The maximum absolute atomic E-state index is 12.6. The summed E-state index contributed by atoms with van der Waals surface area (Å²) >= 11 is 0. The van der Waals surface area contributed by atoms with Crippen LogP contribution in [0.2, 0.25) is 0 Å². The predicted octanol–water partition coefficient (Wildman–Crippen LogP) is 1.89. The van der Waals surface area contributed by atoms with Gasteiger partial charge >= 0.3 is 0 Å². The molecule has 1 fully saturated rings. The zero-order valence-corrected chi connectivity index (χ0v) is 18.3. The maximum Gasteiger partial charge on any atom is 0.240 e. The molecule has 9 nitrogen and oxygen atoms in total. The number of amides is 2. The van der Waals surface area contributed by atoms with E-state index in [0.29, 0.717) is 29.4 Å². The van der Waals surface area contributed by atoms with Crippen LogP contribution in [0.3, 0.4) is 0 Å². The number of hydrogen-bond acceptors (Lipinski definition) is 7. The first-order valence-electron chi connectivity index (χ1n) is 9.55. The molecule has 1 N–H and O–H groups in total. The van der Waals surface area contributed by atoms with Gasteiger partial charge in [-0.3, -0.25) is 14.5 Å². The van der Waals surface area contributed by atoms with Gasteiger partial charge in [-0.15, -0.1) is 0 Å². The molecule has 10 heteroatoms. The third-order valence-electron chi connectivity index (χ3n) is 4.89. The normalized spacial score (nSPS) is 14.1. The number of sulfonamides is 1. The van der Waals surface area contributed by atoms with Crippen molar-refractivity contribution in [2.24, 2.45) is 0 Å². The number of nitrogens with one attached hydrogen (secondary N) is 1. The third kappa shape index (κ3) is 4.80. The second-order valence-electron chi connectivity index (χ2n) is 6.80.